The zero-order valence-corrected chi connectivity index (χ0v) is 23.5. The van der Waals surface area contributed by atoms with Crippen LogP contribution in [0.2, 0.25) is 0 Å². The molecular weight excluding hydrogens is 555 g/mol. The number of hydrogen-bond acceptors (Lipinski definition) is 4. The lowest BCUT2D eigenvalue weighted by molar-refractivity contribution is -0.144. The number of likely N-dealkylation sites (N-methyl/N-ethyl adjacent to an activating group) is 2. The van der Waals surface area contributed by atoms with Gasteiger partial charge in [-0.15, -0.1) is 0 Å². The van der Waals surface area contributed by atoms with Crippen LogP contribution in [0.3, 0.4) is 0 Å². The van der Waals surface area contributed by atoms with Crippen LogP contribution < -0.4 is 16.0 Å². The molecule has 0 spiro atoms. The van der Waals surface area contributed by atoms with Gasteiger partial charge in [0, 0.05) is 11.0 Å². The van der Waals surface area contributed by atoms with Gasteiger partial charge in [-0.1, -0.05) is 66.1 Å². The Hall–Kier alpha value is -1.68. The molecule has 194 valence electrons. The third kappa shape index (κ3) is 6.96. The second-order valence-electron chi connectivity index (χ2n) is 9.84. The van der Waals surface area contributed by atoms with E-state index in [-0.39, 0.29) is 35.7 Å². The first-order chi connectivity index (χ1) is 16.9. The molecule has 35 heavy (non-hydrogen) atoms. The number of alkyl halides is 1. The molecule has 2 aliphatic rings. The zero-order chi connectivity index (χ0) is 25.4. The lowest BCUT2D eigenvalue weighted by Gasteiger charge is -2.37. The zero-order valence-electron chi connectivity index (χ0n) is 21.3. The van der Waals surface area contributed by atoms with Gasteiger partial charge in [0.05, 0.1) is 12.1 Å². The Morgan fingerprint density at radius 3 is 2.43 bits per heavy atom. The van der Waals surface area contributed by atoms with Crippen molar-refractivity contribution in [2.24, 2.45) is 5.92 Å². The molecule has 1 fully saturated rings. The third-order valence-electron chi connectivity index (χ3n) is 7.65. The van der Waals surface area contributed by atoms with E-state index in [4.69, 9.17) is 0 Å². The van der Waals surface area contributed by atoms with Crippen LogP contribution in [0.1, 0.15) is 76.0 Å². The van der Waals surface area contributed by atoms with E-state index in [1.807, 2.05) is 19.1 Å². The van der Waals surface area contributed by atoms with Gasteiger partial charge in [0.2, 0.25) is 17.7 Å². The molecule has 3 rings (SSSR count). The number of nitrogens with one attached hydrogen (secondary N) is 3. The smallest absolute Gasteiger partial charge is 0.246 e. The first kappa shape index (κ1) is 27.9. The molecule has 0 aromatic heterocycles. The van der Waals surface area contributed by atoms with Crippen LogP contribution in [0.5, 0.6) is 0 Å². The molecule has 0 saturated heterocycles. The fourth-order valence-corrected chi connectivity index (χ4v) is 6.31. The van der Waals surface area contributed by atoms with Crippen LogP contribution in [0.15, 0.2) is 24.3 Å². The molecule has 0 radical (unpaired) electrons. The number of rotatable bonds is 10. The molecule has 0 unspecified atom stereocenters. The number of carbonyl (C=O) groups excluding carboxylic acids is 3. The number of aryl methyl sites for hydroxylation is 1. The van der Waals surface area contributed by atoms with Crippen molar-refractivity contribution in [2.45, 2.75) is 89.4 Å². The maximum Gasteiger partial charge on any atom is 0.246 e. The van der Waals surface area contributed by atoms with E-state index < -0.39 is 12.1 Å². The maximum atomic E-state index is 13.9. The first-order valence-electron chi connectivity index (χ1n) is 13.1. The second-order valence-corrected chi connectivity index (χ2v) is 10.7. The minimum atomic E-state index is -0.604. The first-order valence-corrected chi connectivity index (χ1v) is 14.7. The lowest BCUT2D eigenvalue weighted by atomic mass is 9.83. The van der Waals surface area contributed by atoms with Crippen LogP contribution >= 0.6 is 22.6 Å². The highest BCUT2D eigenvalue weighted by molar-refractivity contribution is 14.1. The maximum absolute atomic E-state index is 13.9. The Balaban J connectivity index is 1.78. The molecule has 4 atom stereocenters. The molecule has 3 N–H and O–H groups in total. The Morgan fingerprint density at radius 1 is 1.06 bits per heavy atom. The van der Waals surface area contributed by atoms with Gasteiger partial charge in [-0.25, -0.2) is 0 Å². The number of benzene rings is 1. The molecule has 1 saturated carbocycles. The van der Waals surface area contributed by atoms with Gasteiger partial charge < -0.3 is 20.9 Å². The number of carbonyl (C=O) groups is 3. The van der Waals surface area contributed by atoms with Crippen LogP contribution in [0.25, 0.3) is 0 Å². The highest BCUT2D eigenvalue weighted by Gasteiger charge is 2.38. The van der Waals surface area contributed by atoms with Gasteiger partial charge in [-0.3, -0.25) is 14.4 Å². The number of nitrogens with zero attached hydrogens (tertiary/aromatic N) is 1. The summed E-state index contributed by atoms with van der Waals surface area (Å²) in [6, 6.07) is 6.69. The fourth-order valence-electron chi connectivity index (χ4n) is 5.43. The molecule has 3 amide bonds. The average molecular weight is 597 g/mol. The molecule has 0 aliphatic heterocycles. The van der Waals surface area contributed by atoms with Gasteiger partial charge in [0.15, 0.2) is 0 Å². The summed E-state index contributed by atoms with van der Waals surface area (Å²) in [6.07, 6.45) is 8.10. The van der Waals surface area contributed by atoms with E-state index >= 15 is 0 Å². The van der Waals surface area contributed by atoms with E-state index in [1.165, 1.54) is 11.1 Å². The SMILES string of the molecule is CCN(C(=O)[C@@H](NC(=O)[C@H](C)NC)C1CCCCC1)[C@@H](CI)C(=O)N[C@@H]1CCCc2ccccc21. The van der Waals surface area contributed by atoms with E-state index in [0.717, 1.165) is 51.4 Å². The fraction of sp³-hybridized carbons (Fsp3) is 0.667. The highest BCUT2D eigenvalue weighted by atomic mass is 127. The lowest BCUT2D eigenvalue weighted by Crippen LogP contribution is -2.60. The molecule has 2 aliphatic carbocycles. The van der Waals surface area contributed by atoms with Crippen molar-refractivity contribution in [3.8, 4) is 0 Å². The Bertz CT molecular complexity index is 874. The van der Waals surface area contributed by atoms with Crippen molar-refractivity contribution in [3.63, 3.8) is 0 Å². The van der Waals surface area contributed by atoms with Crippen molar-refractivity contribution in [3.05, 3.63) is 35.4 Å². The van der Waals surface area contributed by atoms with Gasteiger partial charge in [-0.2, -0.15) is 0 Å². The Morgan fingerprint density at radius 2 is 1.77 bits per heavy atom. The van der Waals surface area contributed by atoms with Crippen molar-refractivity contribution >= 4 is 40.3 Å². The molecule has 1 aromatic carbocycles. The molecule has 1 aromatic rings. The summed E-state index contributed by atoms with van der Waals surface area (Å²) in [4.78, 5) is 41.9. The summed E-state index contributed by atoms with van der Waals surface area (Å²) in [6.45, 7) is 4.12. The monoisotopic (exact) mass is 596 g/mol. The van der Waals surface area contributed by atoms with Crippen molar-refractivity contribution in [1.82, 2.24) is 20.9 Å². The van der Waals surface area contributed by atoms with Crippen molar-refractivity contribution in [1.29, 1.82) is 0 Å². The van der Waals surface area contributed by atoms with Crippen LogP contribution in [-0.2, 0) is 20.8 Å². The molecule has 7 nitrogen and oxygen atoms in total. The van der Waals surface area contributed by atoms with E-state index in [9.17, 15) is 14.4 Å². The normalized spacial score (nSPS) is 20.7. The molecular formula is C27H41IN4O3. The minimum absolute atomic E-state index is 0.0305. The van der Waals surface area contributed by atoms with Crippen molar-refractivity contribution < 1.29 is 14.4 Å². The molecule has 0 bridgehead atoms. The standard InChI is InChI=1S/C27H41IN4O3/c1-4-32(27(35)24(20-12-6-5-7-13-20)31-25(33)18(2)29-3)23(17-28)26(34)30-22-16-10-14-19-11-8-9-15-21(19)22/h8-9,11,15,18,20,22-24,29H,4-7,10,12-14,16-17H2,1-3H3,(H,30,34)(H,31,33)/t18-,22+,23-,24-/m0/s1. The van der Waals surface area contributed by atoms with Gasteiger partial charge in [0.25, 0.3) is 0 Å². The Kier molecular flexibility index (Phi) is 10.8. The second kappa shape index (κ2) is 13.6. The number of halogens is 1. The minimum Gasteiger partial charge on any atom is -0.347 e. The predicted molar refractivity (Wildman–Crippen MR) is 147 cm³/mol. The van der Waals surface area contributed by atoms with Crippen molar-refractivity contribution in [2.75, 3.05) is 18.0 Å². The van der Waals surface area contributed by atoms with E-state index in [2.05, 4.69) is 50.7 Å². The van der Waals surface area contributed by atoms with E-state index in [1.54, 1.807) is 18.9 Å². The number of fused-ring (bicyclic) bond motifs is 1. The highest BCUT2D eigenvalue weighted by Crippen LogP contribution is 2.30. The van der Waals surface area contributed by atoms with E-state index in [0.29, 0.717) is 11.0 Å². The summed E-state index contributed by atoms with van der Waals surface area (Å²) >= 11 is 2.20. The quantitative estimate of drug-likeness (QED) is 0.285. The van der Waals surface area contributed by atoms with Crippen LogP contribution in [-0.4, -0.2) is 58.8 Å². The summed E-state index contributed by atoms with van der Waals surface area (Å²) < 4.78 is 0.496. The third-order valence-corrected chi connectivity index (χ3v) is 8.48. The van der Waals surface area contributed by atoms with Crippen LogP contribution in [0.4, 0.5) is 0 Å². The summed E-state index contributed by atoms with van der Waals surface area (Å²) in [5, 5.41) is 9.24. The average Bonchev–Trinajstić information content (AvgIpc) is 2.89. The topological polar surface area (TPSA) is 90.5 Å². The summed E-state index contributed by atoms with van der Waals surface area (Å²) in [5.74, 6) is -0.339. The summed E-state index contributed by atoms with van der Waals surface area (Å²) in [7, 11) is 1.74. The molecule has 0 heterocycles. The van der Waals surface area contributed by atoms with Crippen LogP contribution in [0, 0.1) is 5.92 Å². The van der Waals surface area contributed by atoms with Gasteiger partial charge in [0.1, 0.15) is 12.1 Å². The Labute approximate surface area is 223 Å². The predicted octanol–water partition coefficient (Wildman–Crippen LogP) is 3.51. The number of amides is 3. The number of hydrogen-bond donors (Lipinski definition) is 3. The van der Waals surface area contributed by atoms with Gasteiger partial charge >= 0.3 is 0 Å². The largest absolute Gasteiger partial charge is 0.347 e. The van der Waals surface area contributed by atoms with Gasteiger partial charge in [-0.05, 0) is 70.0 Å². The summed E-state index contributed by atoms with van der Waals surface area (Å²) in [5.41, 5.74) is 2.47. The molecule has 8 heteroatoms.